The van der Waals surface area contributed by atoms with Crippen molar-refractivity contribution >= 4 is 17.5 Å². The predicted octanol–water partition coefficient (Wildman–Crippen LogP) is 1.63. The molecule has 2 amide bonds. The normalized spacial score (nSPS) is 26.0. The fourth-order valence-corrected chi connectivity index (χ4v) is 2.85. The van der Waals surface area contributed by atoms with Gasteiger partial charge in [0.25, 0.3) is 5.91 Å². The first-order chi connectivity index (χ1) is 9.42. The Kier molecular flexibility index (Phi) is 4.09. The number of carbonyl (C=O) groups excluding carboxylic acids is 2. The second-order valence-corrected chi connectivity index (χ2v) is 5.72. The number of carbonyl (C=O) groups is 2. The Hall–Kier alpha value is -1.88. The lowest BCUT2D eigenvalue weighted by Gasteiger charge is -2.35. The molecule has 20 heavy (non-hydrogen) atoms. The largest absolute Gasteiger partial charge is 0.366 e. The maximum atomic E-state index is 12.4. The molecule has 1 aromatic rings. The van der Waals surface area contributed by atoms with Gasteiger partial charge in [0.2, 0.25) is 5.91 Å². The molecule has 0 saturated heterocycles. The van der Waals surface area contributed by atoms with Crippen LogP contribution in [0, 0.1) is 5.92 Å². The number of para-hydroxylation sites is 1. The number of nitrogens with two attached hydrogens (primary N) is 2. The summed E-state index contributed by atoms with van der Waals surface area (Å²) in [7, 11) is 0. The Balaban J connectivity index is 2.17. The van der Waals surface area contributed by atoms with E-state index in [-0.39, 0.29) is 5.91 Å². The number of anilines is 1. The Morgan fingerprint density at radius 3 is 2.70 bits per heavy atom. The monoisotopic (exact) mass is 275 g/mol. The predicted molar refractivity (Wildman–Crippen MR) is 78.1 cm³/mol. The lowest BCUT2D eigenvalue weighted by atomic mass is 9.76. The molecule has 5 nitrogen and oxygen atoms in total. The molecule has 0 heterocycles. The van der Waals surface area contributed by atoms with E-state index in [1.807, 2.05) is 0 Å². The van der Waals surface area contributed by atoms with Crippen molar-refractivity contribution in [2.45, 2.75) is 38.1 Å². The molecule has 0 bridgehead atoms. The van der Waals surface area contributed by atoms with Gasteiger partial charge in [-0.1, -0.05) is 31.9 Å². The van der Waals surface area contributed by atoms with E-state index in [1.165, 1.54) is 0 Å². The van der Waals surface area contributed by atoms with Crippen LogP contribution in [0.1, 0.15) is 43.0 Å². The van der Waals surface area contributed by atoms with Crippen LogP contribution < -0.4 is 16.8 Å². The van der Waals surface area contributed by atoms with Crippen LogP contribution in [0.3, 0.4) is 0 Å². The summed E-state index contributed by atoms with van der Waals surface area (Å²) in [5.74, 6) is -0.368. The second kappa shape index (κ2) is 5.63. The van der Waals surface area contributed by atoms with Gasteiger partial charge in [-0.05, 0) is 30.9 Å². The van der Waals surface area contributed by atoms with Crippen LogP contribution in [0.15, 0.2) is 24.3 Å². The minimum atomic E-state index is -0.859. The Bertz CT molecular complexity index is 530. The standard InChI is InChI=1S/C15H21N3O2/c1-10-5-4-8-15(17,9-10)14(20)18-12-7-3-2-6-11(12)13(16)19/h2-3,6-7,10H,4-5,8-9,17H2,1H3,(H2,16,19)(H,18,20). The zero-order valence-corrected chi connectivity index (χ0v) is 11.7. The first-order valence-corrected chi connectivity index (χ1v) is 6.91. The van der Waals surface area contributed by atoms with Crippen molar-refractivity contribution in [3.8, 4) is 0 Å². The molecule has 5 heteroatoms. The third-order valence-corrected chi connectivity index (χ3v) is 3.93. The van der Waals surface area contributed by atoms with Crippen molar-refractivity contribution < 1.29 is 9.59 Å². The molecule has 0 spiro atoms. The fraction of sp³-hybridized carbons (Fsp3) is 0.467. The van der Waals surface area contributed by atoms with Gasteiger partial charge in [0.1, 0.15) is 0 Å². The highest BCUT2D eigenvalue weighted by atomic mass is 16.2. The highest BCUT2D eigenvalue weighted by Crippen LogP contribution is 2.31. The molecule has 2 rings (SSSR count). The SMILES string of the molecule is CC1CCCC(N)(C(=O)Nc2ccccc2C(N)=O)C1. The average molecular weight is 275 g/mol. The van der Waals surface area contributed by atoms with E-state index in [1.54, 1.807) is 24.3 Å². The van der Waals surface area contributed by atoms with Crippen LogP contribution in [-0.2, 0) is 4.79 Å². The summed E-state index contributed by atoms with van der Waals surface area (Å²) in [5, 5.41) is 2.76. The molecule has 108 valence electrons. The molecule has 0 aromatic heterocycles. The van der Waals surface area contributed by atoms with Gasteiger partial charge in [-0.2, -0.15) is 0 Å². The minimum Gasteiger partial charge on any atom is -0.366 e. The molecular formula is C15H21N3O2. The van der Waals surface area contributed by atoms with E-state index in [0.717, 1.165) is 12.8 Å². The molecular weight excluding hydrogens is 254 g/mol. The number of amides is 2. The molecule has 0 radical (unpaired) electrons. The molecule has 2 atom stereocenters. The Morgan fingerprint density at radius 1 is 1.35 bits per heavy atom. The van der Waals surface area contributed by atoms with Gasteiger partial charge in [-0.25, -0.2) is 0 Å². The summed E-state index contributed by atoms with van der Waals surface area (Å²) in [6.45, 7) is 2.10. The molecule has 1 aromatic carbocycles. The highest BCUT2D eigenvalue weighted by Gasteiger charge is 2.38. The molecule has 1 saturated carbocycles. The van der Waals surface area contributed by atoms with Crippen molar-refractivity contribution in [3.63, 3.8) is 0 Å². The summed E-state index contributed by atoms with van der Waals surface area (Å²) in [4.78, 5) is 23.8. The maximum absolute atomic E-state index is 12.4. The lowest BCUT2D eigenvalue weighted by Crippen LogP contribution is -2.53. The summed E-state index contributed by atoms with van der Waals surface area (Å²) in [5.41, 5.74) is 11.4. The van der Waals surface area contributed by atoms with Gasteiger partial charge in [-0.3, -0.25) is 9.59 Å². The van der Waals surface area contributed by atoms with E-state index in [0.29, 0.717) is 30.0 Å². The molecule has 1 fully saturated rings. The van der Waals surface area contributed by atoms with Crippen molar-refractivity contribution in [2.24, 2.45) is 17.4 Å². The number of hydrogen-bond donors (Lipinski definition) is 3. The van der Waals surface area contributed by atoms with Crippen LogP contribution in [0.4, 0.5) is 5.69 Å². The quantitative estimate of drug-likeness (QED) is 0.782. The number of benzene rings is 1. The molecule has 0 aliphatic heterocycles. The Morgan fingerprint density at radius 2 is 2.05 bits per heavy atom. The smallest absolute Gasteiger partial charge is 0.250 e. The summed E-state index contributed by atoms with van der Waals surface area (Å²) in [6, 6.07) is 6.70. The van der Waals surface area contributed by atoms with Gasteiger partial charge >= 0.3 is 0 Å². The summed E-state index contributed by atoms with van der Waals surface area (Å²) < 4.78 is 0. The molecule has 2 unspecified atom stereocenters. The first-order valence-electron chi connectivity index (χ1n) is 6.91. The van der Waals surface area contributed by atoms with E-state index in [9.17, 15) is 9.59 Å². The van der Waals surface area contributed by atoms with Crippen molar-refractivity contribution in [2.75, 3.05) is 5.32 Å². The van der Waals surface area contributed by atoms with Gasteiger partial charge in [0.05, 0.1) is 16.8 Å². The zero-order valence-electron chi connectivity index (χ0n) is 11.7. The molecule has 5 N–H and O–H groups in total. The van der Waals surface area contributed by atoms with E-state index >= 15 is 0 Å². The third-order valence-electron chi connectivity index (χ3n) is 3.93. The molecule has 1 aliphatic rings. The van der Waals surface area contributed by atoms with Gasteiger partial charge in [0.15, 0.2) is 0 Å². The number of nitrogens with one attached hydrogen (secondary N) is 1. The topological polar surface area (TPSA) is 98.2 Å². The van der Waals surface area contributed by atoms with E-state index < -0.39 is 11.4 Å². The van der Waals surface area contributed by atoms with E-state index in [4.69, 9.17) is 11.5 Å². The van der Waals surface area contributed by atoms with Crippen molar-refractivity contribution in [3.05, 3.63) is 29.8 Å². The fourth-order valence-electron chi connectivity index (χ4n) is 2.85. The average Bonchev–Trinajstić information content (AvgIpc) is 2.38. The van der Waals surface area contributed by atoms with Gasteiger partial charge < -0.3 is 16.8 Å². The van der Waals surface area contributed by atoms with Gasteiger partial charge in [0, 0.05) is 0 Å². The van der Waals surface area contributed by atoms with Crippen molar-refractivity contribution in [1.82, 2.24) is 0 Å². The van der Waals surface area contributed by atoms with Crippen LogP contribution in [0.5, 0.6) is 0 Å². The van der Waals surface area contributed by atoms with Gasteiger partial charge in [-0.15, -0.1) is 0 Å². The number of rotatable bonds is 3. The Labute approximate surface area is 118 Å². The van der Waals surface area contributed by atoms with Crippen LogP contribution in [-0.4, -0.2) is 17.4 Å². The van der Waals surface area contributed by atoms with Crippen LogP contribution in [0.25, 0.3) is 0 Å². The van der Waals surface area contributed by atoms with Crippen LogP contribution >= 0.6 is 0 Å². The highest BCUT2D eigenvalue weighted by molar-refractivity contribution is 6.05. The number of hydrogen-bond acceptors (Lipinski definition) is 3. The first kappa shape index (κ1) is 14.5. The summed E-state index contributed by atoms with van der Waals surface area (Å²) >= 11 is 0. The lowest BCUT2D eigenvalue weighted by molar-refractivity contribution is -0.122. The zero-order chi connectivity index (χ0) is 14.8. The second-order valence-electron chi connectivity index (χ2n) is 5.72. The minimum absolute atomic E-state index is 0.238. The van der Waals surface area contributed by atoms with Crippen LogP contribution in [0.2, 0.25) is 0 Å². The van der Waals surface area contributed by atoms with E-state index in [2.05, 4.69) is 12.2 Å². The third kappa shape index (κ3) is 2.99. The number of primary amides is 1. The summed E-state index contributed by atoms with van der Waals surface area (Å²) in [6.07, 6.45) is 3.38. The van der Waals surface area contributed by atoms with Crippen molar-refractivity contribution in [1.29, 1.82) is 0 Å². The molecule has 1 aliphatic carbocycles. The maximum Gasteiger partial charge on any atom is 0.250 e.